The van der Waals surface area contributed by atoms with Crippen molar-refractivity contribution in [1.29, 1.82) is 0 Å². The Morgan fingerprint density at radius 1 is 1.26 bits per heavy atom. The van der Waals surface area contributed by atoms with Crippen molar-refractivity contribution < 1.29 is 18.3 Å². The number of aliphatic hydroxyl groups is 1. The Balaban J connectivity index is 1.96. The molecule has 1 fully saturated rings. The molecule has 3 rings (SSSR count). The van der Waals surface area contributed by atoms with Gasteiger partial charge in [0.2, 0.25) is 0 Å². The summed E-state index contributed by atoms with van der Waals surface area (Å²) in [5.41, 5.74) is 0.0512. The standard InChI is InChI=1S/C10H10F3N5O/c11-10(12,13)9-15-14-7-1-2-8(16-18(7)9)17-3-6(4-17)5-19/h1-2,6,19H,3-5H2. The summed E-state index contributed by atoms with van der Waals surface area (Å²) in [7, 11) is 0. The summed E-state index contributed by atoms with van der Waals surface area (Å²) in [5.74, 6) is -0.563. The number of aliphatic hydroxyl groups excluding tert-OH is 1. The minimum Gasteiger partial charge on any atom is -0.396 e. The largest absolute Gasteiger partial charge is 0.453 e. The number of hydrogen-bond donors (Lipinski definition) is 1. The molecule has 1 aliphatic heterocycles. The second kappa shape index (κ2) is 4.05. The van der Waals surface area contributed by atoms with E-state index in [0.29, 0.717) is 23.4 Å². The van der Waals surface area contributed by atoms with Gasteiger partial charge < -0.3 is 10.0 Å². The molecule has 0 saturated carbocycles. The van der Waals surface area contributed by atoms with E-state index in [-0.39, 0.29) is 18.2 Å². The van der Waals surface area contributed by atoms with Crippen molar-refractivity contribution in [3.8, 4) is 0 Å². The highest BCUT2D eigenvalue weighted by Gasteiger charge is 2.38. The Bertz CT molecular complexity index is 605. The molecule has 0 amide bonds. The maximum absolute atomic E-state index is 12.7. The zero-order valence-electron chi connectivity index (χ0n) is 9.67. The van der Waals surface area contributed by atoms with E-state index in [2.05, 4.69) is 15.3 Å². The van der Waals surface area contributed by atoms with Crippen LogP contribution < -0.4 is 4.90 Å². The molecular weight excluding hydrogens is 263 g/mol. The Hall–Kier alpha value is -1.90. The monoisotopic (exact) mass is 273 g/mol. The molecule has 0 aliphatic carbocycles. The quantitative estimate of drug-likeness (QED) is 0.866. The van der Waals surface area contributed by atoms with Crippen LogP contribution in [0.1, 0.15) is 5.82 Å². The van der Waals surface area contributed by atoms with E-state index in [1.54, 1.807) is 11.0 Å². The molecule has 102 valence electrons. The van der Waals surface area contributed by atoms with Gasteiger partial charge in [-0.3, -0.25) is 0 Å². The Morgan fingerprint density at radius 2 is 2.00 bits per heavy atom. The highest BCUT2D eigenvalue weighted by Crippen LogP contribution is 2.28. The number of rotatable bonds is 2. The number of anilines is 1. The Morgan fingerprint density at radius 3 is 2.63 bits per heavy atom. The predicted octanol–water partition coefficient (Wildman–Crippen LogP) is 0.572. The van der Waals surface area contributed by atoms with Crippen LogP contribution in [0.5, 0.6) is 0 Å². The molecule has 1 N–H and O–H groups in total. The Labute approximate surface area is 105 Å². The Kier molecular flexibility index (Phi) is 2.59. The molecule has 3 heterocycles. The summed E-state index contributed by atoms with van der Waals surface area (Å²) >= 11 is 0. The van der Waals surface area contributed by atoms with E-state index < -0.39 is 12.0 Å². The molecule has 9 heteroatoms. The first kappa shape index (κ1) is 12.2. The SMILES string of the molecule is OCC1CN(c2ccc3nnc(C(F)(F)F)n3n2)C1. The highest BCUT2D eigenvalue weighted by atomic mass is 19.4. The van der Waals surface area contributed by atoms with E-state index in [9.17, 15) is 13.2 Å². The number of alkyl halides is 3. The third-order valence-corrected chi connectivity index (χ3v) is 3.04. The zero-order valence-corrected chi connectivity index (χ0v) is 9.67. The second-order valence-electron chi connectivity index (χ2n) is 4.44. The van der Waals surface area contributed by atoms with Gasteiger partial charge >= 0.3 is 6.18 Å². The topological polar surface area (TPSA) is 66.5 Å². The van der Waals surface area contributed by atoms with Gasteiger partial charge in [0.1, 0.15) is 5.82 Å². The normalized spacial score (nSPS) is 16.9. The van der Waals surface area contributed by atoms with Crippen LogP contribution in [0.4, 0.5) is 19.0 Å². The lowest BCUT2D eigenvalue weighted by Crippen LogP contribution is -2.49. The molecule has 0 unspecified atom stereocenters. The van der Waals surface area contributed by atoms with Crippen molar-refractivity contribution in [3.05, 3.63) is 18.0 Å². The van der Waals surface area contributed by atoms with Gasteiger partial charge in [-0.25, -0.2) is 0 Å². The summed E-state index contributed by atoms with van der Waals surface area (Å²) in [6, 6.07) is 3.04. The van der Waals surface area contributed by atoms with Gasteiger partial charge in [-0.1, -0.05) is 0 Å². The van der Waals surface area contributed by atoms with Gasteiger partial charge in [0, 0.05) is 25.6 Å². The summed E-state index contributed by atoms with van der Waals surface area (Å²) in [6.07, 6.45) is -4.59. The number of nitrogens with zero attached hydrogens (tertiary/aromatic N) is 5. The van der Waals surface area contributed by atoms with E-state index >= 15 is 0 Å². The average Bonchev–Trinajstić information content (AvgIpc) is 2.70. The maximum atomic E-state index is 12.7. The van der Waals surface area contributed by atoms with E-state index in [0.717, 1.165) is 0 Å². The average molecular weight is 273 g/mol. The zero-order chi connectivity index (χ0) is 13.6. The number of hydrogen-bond acceptors (Lipinski definition) is 5. The lowest BCUT2D eigenvalue weighted by molar-refractivity contribution is -0.146. The van der Waals surface area contributed by atoms with Gasteiger partial charge in [0.15, 0.2) is 5.65 Å². The number of aromatic nitrogens is 4. The van der Waals surface area contributed by atoms with Gasteiger partial charge in [-0.15, -0.1) is 15.3 Å². The van der Waals surface area contributed by atoms with Crippen LogP contribution in [0.3, 0.4) is 0 Å². The van der Waals surface area contributed by atoms with Gasteiger partial charge in [0.25, 0.3) is 5.82 Å². The minimum atomic E-state index is -4.59. The lowest BCUT2D eigenvalue weighted by Gasteiger charge is -2.38. The molecule has 0 radical (unpaired) electrons. The van der Waals surface area contributed by atoms with Crippen molar-refractivity contribution in [2.24, 2.45) is 5.92 Å². The highest BCUT2D eigenvalue weighted by molar-refractivity contribution is 5.47. The summed E-state index contributed by atoms with van der Waals surface area (Å²) < 4.78 is 38.8. The maximum Gasteiger partial charge on any atom is 0.453 e. The van der Waals surface area contributed by atoms with Gasteiger partial charge in [-0.05, 0) is 12.1 Å². The molecule has 0 bridgehead atoms. The fraction of sp³-hybridized carbons (Fsp3) is 0.500. The van der Waals surface area contributed by atoms with Crippen molar-refractivity contribution in [2.75, 3.05) is 24.6 Å². The van der Waals surface area contributed by atoms with Crippen molar-refractivity contribution in [3.63, 3.8) is 0 Å². The van der Waals surface area contributed by atoms with Crippen molar-refractivity contribution in [1.82, 2.24) is 19.8 Å². The van der Waals surface area contributed by atoms with Crippen LogP contribution in [0.15, 0.2) is 12.1 Å². The molecule has 2 aromatic rings. The molecule has 1 saturated heterocycles. The summed E-state index contributed by atoms with van der Waals surface area (Å²) in [5, 5.41) is 19.4. The lowest BCUT2D eigenvalue weighted by atomic mass is 10.0. The van der Waals surface area contributed by atoms with E-state index in [1.807, 2.05) is 0 Å². The molecule has 1 aliphatic rings. The van der Waals surface area contributed by atoms with Crippen LogP contribution in [0, 0.1) is 5.92 Å². The van der Waals surface area contributed by atoms with Gasteiger partial charge in [0.05, 0.1) is 0 Å². The van der Waals surface area contributed by atoms with Crippen LogP contribution >= 0.6 is 0 Å². The van der Waals surface area contributed by atoms with Crippen LogP contribution in [0.25, 0.3) is 5.65 Å². The van der Waals surface area contributed by atoms with E-state index in [1.165, 1.54) is 6.07 Å². The molecule has 19 heavy (non-hydrogen) atoms. The van der Waals surface area contributed by atoms with Crippen molar-refractivity contribution in [2.45, 2.75) is 6.18 Å². The van der Waals surface area contributed by atoms with Crippen LogP contribution in [-0.4, -0.2) is 44.6 Å². The molecule has 6 nitrogen and oxygen atoms in total. The smallest absolute Gasteiger partial charge is 0.396 e. The van der Waals surface area contributed by atoms with Crippen LogP contribution in [-0.2, 0) is 6.18 Å². The minimum absolute atomic E-state index is 0.0512. The molecule has 2 aromatic heterocycles. The third kappa shape index (κ3) is 1.99. The molecule has 0 atom stereocenters. The number of halogens is 3. The second-order valence-corrected chi connectivity index (χ2v) is 4.44. The van der Waals surface area contributed by atoms with E-state index in [4.69, 9.17) is 5.11 Å². The van der Waals surface area contributed by atoms with Gasteiger partial charge in [-0.2, -0.15) is 17.7 Å². The fourth-order valence-electron chi connectivity index (χ4n) is 2.00. The first-order valence-electron chi connectivity index (χ1n) is 5.64. The predicted molar refractivity (Wildman–Crippen MR) is 58.6 cm³/mol. The summed E-state index contributed by atoms with van der Waals surface area (Å²) in [6.45, 7) is 1.23. The summed E-state index contributed by atoms with van der Waals surface area (Å²) in [4.78, 5) is 1.79. The van der Waals surface area contributed by atoms with Crippen molar-refractivity contribution >= 4 is 11.5 Å². The fourth-order valence-corrected chi connectivity index (χ4v) is 2.00. The first-order chi connectivity index (χ1) is 8.99. The molecular formula is C10H10F3N5O. The third-order valence-electron chi connectivity index (χ3n) is 3.04. The van der Waals surface area contributed by atoms with Crippen LogP contribution in [0.2, 0.25) is 0 Å². The molecule has 0 spiro atoms. The number of fused-ring (bicyclic) bond motifs is 1. The first-order valence-corrected chi connectivity index (χ1v) is 5.64. The molecule has 0 aromatic carbocycles.